The molecule has 5 nitrogen and oxygen atoms in total. The van der Waals surface area contributed by atoms with Gasteiger partial charge >= 0.3 is 5.97 Å². The average molecular weight is 284 g/mol. The van der Waals surface area contributed by atoms with Crippen molar-refractivity contribution in [1.29, 1.82) is 0 Å². The molecule has 3 rings (SSSR count). The summed E-state index contributed by atoms with van der Waals surface area (Å²) in [6.07, 6.45) is 2.58. The molecular formula is C16H16N2O3. The summed E-state index contributed by atoms with van der Waals surface area (Å²) in [6, 6.07) is 9.21. The van der Waals surface area contributed by atoms with Crippen molar-refractivity contribution in [3.8, 4) is 0 Å². The zero-order valence-corrected chi connectivity index (χ0v) is 11.5. The molecule has 1 aliphatic heterocycles. The van der Waals surface area contributed by atoms with E-state index in [1.54, 1.807) is 17.2 Å². The number of likely N-dealkylation sites (tertiary alicyclic amines) is 1. The van der Waals surface area contributed by atoms with E-state index in [1.165, 1.54) is 0 Å². The molecule has 1 unspecified atom stereocenters. The van der Waals surface area contributed by atoms with Crippen molar-refractivity contribution in [1.82, 2.24) is 9.88 Å². The molecular weight excluding hydrogens is 268 g/mol. The first-order valence-corrected chi connectivity index (χ1v) is 7.00. The third-order valence-corrected chi connectivity index (χ3v) is 3.91. The quantitative estimate of drug-likeness (QED) is 0.937. The zero-order valence-electron chi connectivity index (χ0n) is 11.5. The Morgan fingerprint density at radius 3 is 2.95 bits per heavy atom. The average Bonchev–Trinajstić information content (AvgIpc) is 2.93. The minimum Gasteiger partial charge on any atom is -0.481 e. The minimum absolute atomic E-state index is 0.0403. The zero-order chi connectivity index (χ0) is 14.8. The van der Waals surface area contributed by atoms with E-state index < -0.39 is 5.97 Å². The first-order valence-electron chi connectivity index (χ1n) is 7.00. The van der Waals surface area contributed by atoms with Crippen LogP contribution in [0.3, 0.4) is 0 Å². The molecule has 1 atom stereocenters. The molecule has 1 fully saturated rings. The van der Waals surface area contributed by atoms with Crippen LogP contribution in [-0.2, 0) is 4.79 Å². The molecule has 0 bridgehead atoms. The fourth-order valence-electron chi connectivity index (χ4n) is 2.89. The van der Waals surface area contributed by atoms with Gasteiger partial charge in [-0.15, -0.1) is 0 Å². The van der Waals surface area contributed by atoms with E-state index in [1.807, 2.05) is 24.3 Å². The second kappa shape index (κ2) is 5.52. The number of aromatic nitrogens is 1. The molecule has 5 heteroatoms. The van der Waals surface area contributed by atoms with Crippen molar-refractivity contribution in [2.24, 2.45) is 5.92 Å². The summed E-state index contributed by atoms with van der Waals surface area (Å²) in [7, 11) is 0. The lowest BCUT2D eigenvalue weighted by molar-refractivity contribution is -0.138. The highest BCUT2D eigenvalue weighted by molar-refractivity contribution is 6.06. The standard InChI is InChI=1S/C16H16N2O3/c19-15(20)9-11-6-8-18(10-11)16(21)13-3-1-5-14-12(13)4-2-7-17-14/h1-5,7,11H,6,8-10H2,(H,19,20). The maximum absolute atomic E-state index is 12.6. The summed E-state index contributed by atoms with van der Waals surface area (Å²) in [5, 5.41) is 9.68. The molecule has 1 saturated heterocycles. The Bertz CT molecular complexity index is 693. The first-order chi connectivity index (χ1) is 10.1. The fourth-order valence-corrected chi connectivity index (χ4v) is 2.89. The lowest BCUT2D eigenvalue weighted by atomic mass is 10.1. The van der Waals surface area contributed by atoms with Crippen LogP contribution in [-0.4, -0.2) is 40.0 Å². The summed E-state index contributed by atoms with van der Waals surface area (Å²) in [6.45, 7) is 1.13. The van der Waals surface area contributed by atoms with Gasteiger partial charge in [-0.2, -0.15) is 0 Å². The number of carbonyl (C=O) groups excluding carboxylic acids is 1. The van der Waals surface area contributed by atoms with Crippen LogP contribution in [0.5, 0.6) is 0 Å². The Hall–Kier alpha value is -2.43. The maximum atomic E-state index is 12.6. The summed E-state index contributed by atoms with van der Waals surface area (Å²) < 4.78 is 0. The molecule has 2 aromatic rings. The van der Waals surface area contributed by atoms with Gasteiger partial charge in [0.1, 0.15) is 0 Å². The maximum Gasteiger partial charge on any atom is 0.303 e. The van der Waals surface area contributed by atoms with Crippen LogP contribution in [0.25, 0.3) is 10.9 Å². The van der Waals surface area contributed by atoms with E-state index in [0.717, 1.165) is 17.3 Å². The summed E-state index contributed by atoms with van der Waals surface area (Å²) in [4.78, 5) is 29.4. The van der Waals surface area contributed by atoms with E-state index >= 15 is 0 Å². The van der Waals surface area contributed by atoms with Crippen LogP contribution in [0.15, 0.2) is 36.5 Å². The number of carboxylic acids is 1. The number of pyridine rings is 1. The van der Waals surface area contributed by atoms with Gasteiger partial charge in [-0.1, -0.05) is 12.1 Å². The Morgan fingerprint density at radius 2 is 2.14 bits per heavy atom. The number of hydrogen-bond donors (Lipinski definition) is 1. The van der Waals surface area contributed by atoms with Gasteiger partial charge in [0.15, 0.2) is 0 Å². The third kappa shape index (κ3) is 2.72. The molecule has 21 heavy (non-hydrogen) atoms. The number of fused-ring (bicyclic) bond motifs is 1. The number of hydrogen-bond acceptors (Lipinski definition) is 3. The molecule has 0 radical (unpaired) electrons. The van der Waals surface area contributed by atoms with Crippen molar-refractivity contribution in [3.63, 3.8) is 0 Å². The summed E-state index contributed by atoms with van der Waals surface area (Å²) in [5.41, 5.74) is 1.43. The summed E-state index contributed by atoms with van der Waals surface area (Å²) in [5.74, 6) is -0.787. The van der Waals surface area contributed by atoms with E-state index in [2.05, 4.69) is 4.98 Å². The molecule has 1 aliphatic rings. The number of nitrogens with zero attached hydrogens (tertiary/aromatic N) is 2. The van der Waals surface area contributed by atoms with Gasteiger partial charge in [-0.25, -0.2) is 0 Å². The second-order valence-electron chi connectivity index (χ2n) is 5.38. The highest BCUT2D eigenvalue weighted by atomic mass is 16.4. The van der Waals surface area contributed by atoms with Crippen LogP contribution >= 0.6 is 0 Å². The number of amides is 1. The largest absolute Gasteiger partial charge is 0.481 e. The Balaban J connectivity index is 1.83. The Labute approximate surface area is 122 Å². The SMILES string of the molecule is O=C(O)CC1CCN(C(=O)c2cccc3ncccc23)C1. The van der Waals surface area contributed by atoms with Crippen molar-refractivity contribution in [3.05, 3.63) is 42.1 Å². The molecule has 1 amide bonds. The van der Waals surface area contributed by atoms with Crippen LogP contribution in [0, 0.1) is 5.92 Å². The van der Waals surface area contributed by atoms with Crippen molar-refractivity contribution >= 4 is 22.8 Å². The molecule has 1 aromatic heterocycles. The van der Waals surface area contributed by atoms with Gasteiger partial charge in [0.25, 0.3) is 5.91 Å². The predicted molar refractivity (Wildman–Crippen MR) is 78.0 cm³/mol. The van der Waals surface area contributed by atoms with E-state index in [-0.39, 0.29) is 18.2 Å². The van der Waals surface area contributed by atoms with E-state index in [9.17, 15) is 9.59 Å². The van der Waals surface area contributed by atoms with Gasteiger partial charge < -0.3 is 10.0 Å². The van der Waals surface area contributed by atoms with Crippen molar-refractivity contribution < 1.29 is 14.7 Å². The fraction of sp³-hybridized carbons (Fsp3) is 0.312. The lowest BCUT2D eigenvalue weighted by Gasteiger charge is -2.17. The topological polar surface area (TPSA) is 70.5 Å². The number of aliphatic carboxylic acids is 1. The van der Waals surface area contributed by atoms with Gasteiger partial charge in [-0.05, 0) is 30.5 Å². The molecule has 108 valence electrons. The smallest absolute Gasteiger partial charge is 0.303 e. The summed E-state index contributed by atoms with van der Waals surface area (Å²) >= 11 is 0. The molecule has 1 N–H and O–H groups in total. The number of carbonyl (C=O) groups is 2. The van der Waals surface area contributed by atoms with Crippen LogP contribution in [0.2, 0.25) is 0 Å². The second-order valence-corrected chi connectivity index (χ2v) is 5.38. The van der Waals surface area contributed by atoms with E-state index in [0.29, 0.717) is 18.7 Å². The Kier molecular flexibility index (Phi) is 3.56. The van der Waals surface area contributed by atoms with Gasteiger partial charge in [0, 0.05) is 36.7 Å². The highest BCUT2D eigenvalue weighted by Gasteiger charge is 2.28. The molecule has 1 aromatic carbocycles. The molecule has 2 heterocycles. The highest BCUT2D eigenvalue weighted by Crippen LogP contribution is 2.24. The predicted octanol–water partition coefficient (Wildman–Crippen LogP) is 2.17. The first kappa shape index (κ1) is 13.5. The monoisotopic (exact) mass is 284 g/mol. The van der Waals surface area contributed by atoms with Crippen LogP contribution in [0.4, 0.5) is 0 Å². The Morgan fingerprint density at radius 1 is 1.29 bits per heavy atom. The molecule has 0 spiro atoms. The van der Waals surface area contributed by atoms with Gasteiger partial charge in [-0.3, -0.25) is 14.6 Å². The van der Waals surface area contributed by atoms with Crippen LogP contribution < -0.4 is 0 Å². The number of benzene rings is 1. The molecule has 0 saturated carbocycles. The molecule has 0 aliphatic carbocycles. The van der Waals surface area contributed by atoms with Crippen LogP contribution in [0.1, 0.15) is 23.2 Å². The van der Waals surface area contributed by atoms with Crippen molar-refractivity contribution in [2.75, 3.05) is 13.1 Å². The number of carboxylic acid groups (broad SMARTS) is 1. The normalized spacial score (nSPS) is 18.1. The minimum atomic E-state index is -0.802. The third-order valence-electron chi connectivity index (χ3n) is 3.91. The van der Waals surface area contributed by atoms with Gasteiger partial charge in [0.05, 0.1) is 5.52 Å². The van der Waals surface area contributed by atoms with Crippen molar-refractivity contribution in [2.45, 2.75) is 12.8 Å². The lowest BCUT2D eigenvalue weighted by Crippen LogP contribution is -2.29. The number of rotatable bonds is 3. The van der Waals surface area contributed by atoms with E-state index in [4.69, 9.17) is 5.11 Å². The van der Waals surface area contributed by atoms with Gasteiger partial charge in [0.2, 0.25) is 0 Å².